The number of anilines is 1. The molecule has 0 spiro atoms. The van der Waals surface area contributed by atoms with Crippen LogP contribution in [0.25, 0.3) is 5.65 Å². The topological polar surface area (TPSA) is 101 Å². The highest BCUT2D eigenvalue weighted by Gasteiger charge is 2.34. The number of piperidine rings is 1. The van der Waals surface area contributed by atoms with Gasteiger partial charge in [0.05, 0.1) is 6.20 Å². The minimum absolute atomic E-state index is 0.151. The lowest BCUT2D eigenvalue weighted by atomic mass is 10.0. The fraction of sp³-hybridized carbons (Fsp3) is 0.688. The second-order valence-corrected chi connectivity index (χ2v) is 9.45. The predicted octanol–water partition coefficient (Wildman–Crippen LogP) is 1.35. The molecule has 2 atom stereocenters. The zero-order valence-electron chi connectivity index (χ0n) is 14.7. The maximum atomic E-state index is 12.0. The van der Waals surface area contributed by atoms with E-state index < -0.39 is 9.84 Å². The molecule has 2 fully saturated rings. The highest BCUT2D eigenvalue weighted by molar-refractivity contribution is 7.90. The number of hydrogen-bond donors (Lipinski definition) is 2. The summed E-state index contributed by atoms with van der Waals surface area (Å²) < 4.78 is 25.7. The molecule has 136 valence electrons. The monoisotopic (exact) mass is 364 g/mol. The standard InChI is InChI=1S/C16H24N6O2S/c1-9(2)13-8-17-22-14(13)20-16(25(3,23)24)21-15(22)19-12-6-10-4-5-11(7-12)18-10/h8-12,18H,4-7H2,1-3H3,(H,19,20,21). The molecule has 2 aromatic rings. The van der Waals surface area contributed by atoms with Gasteiger partial charge in [0.25, 0.3) is 5.16 Å². The number of nitrogens with zero attached hydrogens (tertiary/aromatic N) is 4. The normalized spacial score (nSPS) is 26.5. The van der Waals surface area contributed by atoms with E-state index in [0.29, 0.717) is 23.7 Å². The molecule has 2 saturated heterocycles. The van der Waals surface area contributed by atoms with Gasteiger partial charge in [-0.15, -0.1) is 0 Å². The molecule has 9 heteroatoms. The molecule has 2 aliphatic heterocycles. The Hall–Kier alpha value is -1.74. The van der Waals surface area contributed by atoms with Crippen molar-refractivity contribution in [2.45, 2.75) is 68.7 Å². The summed E-state index contributed by atoms with van der Waals surface area (Å²) in [5.41, 5.74) is 1.48. The average molecular weight is 364 g/mol. The largest absolute Gasteiger partial charge is 0.351 e. The van der Waals surface area contributed by atoms with Crippen molar-refractivity contribution in [1.82, 2.24) is 24.9 Å². The molecule has 4 rings (SSSR count). The maximum Gasteiger partial charge on any atom is 0.252 e. The Kier molecular flexibility index (Phi) is 3.95. The lowest BCUT2D eigenvalue weighted by molar-refractivity contribution is 0.376. The van der Waals surface area contributed by atoms with E-state index in [4.69, 9.17) is 0 Å². The SMILES string of the molecule is CC(C)c1cnn2c(NC3CC4CCC(C3)N4)nc(S(C)(=O)=O)nc12. The Morgan fingerprint density at radius 3 is 2.52 bits per heavy atom. The van der Waals surface area contributed by atoms with Crippen LogP contribution in [-0.4, -0.2) is 52.4 Å². The van der Waals surface area contributed by atoms with Gasteiger partial charge in [0.15, 0.2) is 5.65 Å². The molecule has 0 aliphatic carbocycles. The molecule has 8 nitrogen and oxygen atoms in total. The molecule has 0 amide bonds. The van der Waals surface area contributed by atoms with Gasteiger partial charge in [0, 0.05) is 29.9 Å². The van der Waals surface area contributed by atoms with Crippen LogP contribution in [0.15, 0.2) is 11.4 Å². The molecule has 2 aromatic heterocycles. The molecular weight excluding hydrogens is 340 g/mol. The number of nitrogens with one attached hydrogen (secondary N) is 2. The first-order chi connectivity index (χ1) is 11.8. The van der Waals surface area contributed by atoms with Crippen LogP contribution in [0, 0.1) is 0 Å². The average Bonchev–Trinajstić information content (AvgIpc) is 3.10. The molecule has 4 heterocycles. The van der Waals surface area contributed by atoms with Crippen molar-refractivity contribution >= 4 is 21.4 Å². The Labute approximate surface area is 147 Å². The quantitative estimate of drug-likeness (QED) is 0.844. The summed E-state index contributed by atoms with van der Waals surface area (Å²) in [5.74, 6) is 0.658. The molecule has 2 unspecified atom stereocenters. The summed E-state index contributed by atoms with van der Waals surface area (Å²) in [6.45, 7) is 4.08. The van der Waals surface area contributed by atoms with Crippen molar-refractivity contribution in [3.8, 4) is 0 Å². The van der Waals surface area contributed by atoms with Crippen LogP contribution >= 0.6 is 0 Å². The Morgan fingerprint density at radius 1 is 1.24 bits per heavy atom. The Balaban J connectivity index is 1.76. The van der Waals surface area contributed by atoms with Crippen LogP contribution < -0.4 is 10.6 Å². The van der Waals surface area contributed by atoms with Gasteiger partial charge >= 0.3 is 0 Å². The first-order valence-electron chi connectivity index (χ1n) is 8.79. The van der Waals surface area contributed by atoms with Crippen LogP contribution in [0.1, 0.15) is 51.0 Å². The number of aromatic nitrogens is 4. The van der Waals surface area contributed by atoms with Crippen LogP contribution in [0.3, 0.4) is 0 Å². The third-order valence-corrected chi connectivity index (χ3v) is 5.98. The van der Waals surface area contributed by atoms with Crippen LogP contribution in [-0.2, 0) is 9.84 Å². The van der Waals surface area contributed by atoms with Crippen molar-refractivity contribution in [2.75, 3.05) is 11.6 Å². The molecule has 0 aromatic carbocycles. The molecule has 0 saturated carbocycles. The van der Waals surface area contributed by atoms with Gasteiger partial charge in [-0.2, -0.15) is 19.6 Å². The fourth-order valence-electron chi connectivity index (χ4n) is 3.90. The molecule has 2 aliphatic rings. The fourth-order valence-corrected chi connectivity index (χ4v) is 4.40. The second-order valence-electron chi connectivity index (χ2n) is 7.54. The zero-order chi connectivity index (χ0) is 17.8. The van der Waals surface area contributed by atoms with Crippen molar-refractivity contribution in [1.29, 1.82) is 0 Å². The third-order valence-electron chi connectivity index (χ3n) is 5.13. The van der Waals surface area contributed by atoms with Crippen molar-refractivity contribution in [2.24, 2.45) is 0 Å². The minimum Gasteiger partial charge on any atom is -0.351 e. The Morgan fingerprint density at radius 2 is 1.92 bits per heavy atom. The van der Waals surface area contributed by atoms with E-state index in [0.717, 1.165) is 24.7 Å². The summed E-state index contributed by atoms with van der Waals surface area (Å²) in [4.78, 5) is 8.55. The first kappa shape index (κ1) is 16.7. The van der Waals surface area contributed by atoms with Gasteiger partial charge in [-0.05, 0) is 31.6 Å². The number of hydrogen-bond acceptors (Lipinski definition) is 7. The highest BCUT2D eigenvalue weighted by atomic mass is 32.2. The minimum atomic E-state index is -3.50. The molecule has 2 bridgehead atoms. The lowest BCUT2D eigenvalue weighted by Gasteiger charge is -2.30. The first-order valence-corrected chi connectivity index (χ1v) is 10.7. The molecule has 25 heavy (non-hydrogen) atoms. The van der Waals surface area contributed by atoms with Gasteiger partial charge in [0.2, 0.25) is 15.8 Å². The van der Waals surface area contributed by atoms with Crippen LogP contribution in [0.4, 0.5) is 5.95 Å². The van der Waals surface area contributed by atoms with E-state index in [1.54, 1.807) is 10.7 Å². The molecule has 0 radical (unpaired) electrons. The van der Waals surface area contributed by atoms with E-state index in [9.17, 15) is 8.42 Å². The van der Waals surface area contributed by atoms with Crippen molar-refractivity contribution < 1.29 is 8.42 Å². The summed E-state index contributed by atoms with van der Waals surface area (Å²) in [6.07, 6.45) is 7.31. The smallest absolute Gasteiger partial charge is 0.252 e. The van der Waals surface area contributed by atoms with E-state index >= 15 is 0 Å². The zero-order valence-corrected chi connectivity index (χ0v) is 15.5. The van der Waals surface area contributed by atoms with Gasteiger partial charge in [-0.1, -0.05) is 13.8 Å². The number of sulfone groups is 1. The number of rotatable bonds is 4. The summed E-state index contributed by atoms with van der Waals surface area (Å²) >= 11 is 0. The van der Waals surface area contributed by atoms with Crippen molar-refractivity contribution in [3.05, 3.63) is 11.8 Å². The van der Waals surface area contributed by atoms with E-state index in [-0.39, 0.29) is 17.1 Å². The second kappa shape index (κ2) is 5.91. The van der Waals surface area contributed by atoms with Crippen LogP contribution in [0.2, 0.25) is 0 Å². The van der Waals surface area contributed by atoms with Crippen LogP contribution in [0.5, 0.6) is 0 Å². The lowest BCUT2D eigenvalue weighted by Crippen LogP contribution is -2.43. The number of fused-ring (bicyclic) bond motifs is 3. The van der Waals surface area contributed by atoms with Crippen molar-refractivity contribution in [3.63, 3.8) is 0 Å². The summed E-state index contributed by atoms with van der Waals surface area (Å²) in [7, 11) is -3.50. The maximum absolute atomic E-state index is 12.0. The molecule has 2 N–H and O–H groups in total. The Bertz CT molecular complexity index is 895. The van der Waals surface area contributed by atoms with Gasteiger partial charge < -0.3 is 10.6 Å². The third kappa shape index (κ3) is 3.10. The van der Waals surface area contributed by atoms with E-state index in [1.807, 2.05) is 13.8 Å². The summed E-state index contributed by atoms with van der Waals surface area (Å²) in [5, 5.41) is 11.3. The van der Waals surface area contributed by atoms with Gasteiger partial charge in [0.1, 0.15) is 0 Å². The molecular formula is C16H24N6O2S. The van der Waals surface area contributed by atoms with E-state index in [2.05, 4.69) is 25.7 Å². The van der Waals surface area contributed by atoms with Gasteiger partial charge in [-0.3, -0.25) is 0 Å². The predicted molar refractivity (Wildman–Crippen MR) is 94.6 cm³/mol. The van der Waals surface area contributed by atoms with E-state index in [1.165, 1.54) is 12.8 Å². The van der Waals surface area contributed by atoms with Gasteiger partial charge in [-0.25, -0.2) is 8.42 Å². The summed E-state index contributed by atoms with van der Waals surface area (Å²) in [6, 6.07) is 1.33. The highest BCUT2D eigenvalue weighted by Crippen LogP contribution is 2.29.